The summed E-state index contributed by atoms with van der Waals surface area (Å²) in [6.45, 7) is 1.93. The van der Waals surface area contributed by atoms with Gasteiger partial charge in [-0.25, -0.2) is 0 Å². The summed E-state index contributed by atoms with van der Waals surface area (Å²) in [5, 5.41) is 31.1. The van der Waals surface area contributed by atoms with Gasteiger partial charge in [-0.1, -0.05) is 36.4 Å². The van der Waals surface area contributed by atoms with Crippen molar-refractivity contribution < 1.29 is 23.9 Å². The number of hydrogen-bond acceptors (Lipinski definition) is 6. The highest BCUT2D eigenvalue weighted by Gasteiger charge is 2.23. The minimum absolute atomic E-state index is 0.0314. The molecule has 142 valence electrons. The standard InChI is InChI=1S/C20H19BN2O5/c1-13-5-4-8-17-16(12-27-20(13)17)10-19(28-21(25)26)23-18(24)9-14-6-2-3-7-15(14)11-22/h2-8,12,19,25-26H,9-10H2,1H3,(H,23,24)/t19-/m1/s1. The number of furan rings is 1. The first kappa shape index (κ1) is 19.6. The summed E-state index contributed by atoms with van der Waals surface area (Å²) in [5.41, 5.74) is 3.46. The number of nitriles is 1. The zero-order chi connectivity index (χ0) is 20.1. The summed E-state index contributed by atoms with van der Waals surface area (Å²) < 4.78 is 10.6. The number of carbonyl (C=O) groups is 1. The van der Waals surface area contributed by atoms with Gasteiger partial charge < -0.3 is 24.4 Å². The van der Waals surface area contributed by atoms with Gasteiger partial charge >= 0.3 is 7.32 Å². The van der Waals surface area contributed by atoms with Crippen molar-refractivity contribution in [2.75, 3.05) is 0 Å². The Kier molecular flexibility index (Phi) is 6.11. The monoisotopic (exact) mass is 378 g/mol. The fourth-order valence-electron chi connectivity index (χ4n) is 3.08. The van der Waals surface area contributed by atoms with E-state index in [2.05, 4.69) is 5.32 Å². The van der Waals surface area contributed by atoms with Crippen LogP contribution >= 0.6 is 0 Å². The van der Waals surface area contributed by atoms with Crippen molar-refractivity contribution in [2.45, 2.75) is 26.0 Å². The molecule has 3 rings (SSSR count). The van der Waals surface area contributed by atoms with Gasteiger partial charge in [0.05, 0.1) is 24.3 Å². The van der Waals surface area contributed by atoms with Crippen molar-refractivity contribution >= 4 is 24.2 Å². The highest BCUT2D eigenvalue weighted by atomic mass is 16.6. The lowest BCUT2D eigenvalue weighted by Crippen LogP contribution is -2.43. The van der Waals surface area contributed by atoms with Gasteiger partial charge in [-0.2, -0.15) is 5.26 Å². The molecule has 2 aromatic carbocycles. The predicted octanol–water partition coefficient (Wildman–Crippen LogP) is 1.83. The highest BCUT2D eigenvalue weighted by Crippen LogP contribution is 2.25. The van der Waals surface area contributed by atoms with Crippen LogP contribution in [0.4, 0.5) is 0 Å². The van der Waals surface area contributed by atoms with Crippen LogP contribution in [0.25, 0.3) is 11.0 Å². The summed E-state index contributed by atoms with van der Waals surface area (Å²) >= 11 is 0. The smallest absolute Gasteiger partial charge is 0.464 e. The Bertz CT molecular complexity index is 1020. The molecule has 1 atom stereocenters. The lowest BCUT2D eigenvalue weighted by Gasteiger charge is -2.19. The molecule has 0 bridgehead atoms. The molecule has 0 fully saturated rings. The molecule has 1 heterocycles. The third-order valence-corrected chi connectivity index (χ3v) is 4.38. The Morgan fingerprint density at radius 1 is 1.25 bits per heavy atom. The lowest BCUT2D eigenvalue weighted by molar-refractivity contribution is -0.123. The summed E-state index contributed by atoms with van der Waals surface area (Å²) in [6.07, 6.45) is 0.730. The second-order valence-electron chi connectivity index (χ2n) is 6.38. The molecule has 8 heteroatoms. The third-order valence-electron chi connectivity index (χ3n) is 4.38. The number of nitrogens with zero attached hydrogens (tertiary/aromatic N) is 1. The van der Waals surface area contributed by atoms with E-state index < -0.39 is 19.5 Å². The minimum Gasteiger partial charge on any atom is -0.464 e. The van der Waals surface area contributed by atoms with Crippen molar-refractivity contribution in [3.05, 3.63) is 71.0 Å². The second-order valence-corrected chi connectivity index (χ2v) is 6.38. The first-order valence-electron chi connectivity index (χ1n) is 8.72. The summed E-state index contributed by atoms with van der Waals surface area (Å²) in [7, 11) is -2.04. The summed E-state index contributed by atoms with van der Waals surface area (Å²) in [5.74, 6) is -0.405. The molecule has 0 unspecified atom stereocenters. The predicted molar refractivity (Wildman–Crippen MR) is 103 cm³/mol. The Labute approximate surface area is 162 Å². The first-order valence-corrected chi connectivity index (χ1v) is 8.72. The van der Waals surface area contributed by atoms with Crippen molar-refractivity contribution in [3.63, 3.8) is 0 Å². The Hall–Kier alpha value is -3.12. The summed E-state index contributed by atoms with van der Waals surface area (Å²) in [4.78, 5) is 12.4. The fraction of sp³-hybridized carbons (Fsp3) is 0.200. The molecule has 0 saturated heterocycles. The van der Waals surface area contributed by atoms with Gasteiger partial charge in [0.2, 0.25) is 5.91 Å². The number of para-hydroxylation sites is 1. The number of fused-ring (bicyclic) bond motifs is 1. The quantitative estimate of drug-likeness (QED) is 0.427. The number of amides is 1. The van der Waals surface area contributed by atoms with Gasteiger partial charge in [-0.3, -0.25) is 4.79 Å². The molecule has 28 heavy (non-hydrogen) atoms. The number of nitrogens with one attached hydrogen (secondary N) is 1. The number of hydrogen-bond donors (Lipinski definition) is 3. The van der Waals surface area contributed by atoms with Crippen LogP contribution in [0.15, 0.2) is 53.1 Å². The van der Waals surface area contributed by atoms with Gasteiger partial charge in [0.15, 0.2) is 0 Å². The van der Waals surface area contributed by atoms with Crippen LogP contribution in [0.5, 0.6) is 0 Å². The second kappa shape index (κ2) is 8.72. The summed E-state index contributed by atoms with van der Waals surface area (Å²) in [6, 6.07) is 14.5. The van der Waals surface area contributed by atoms with Crippen molar-refractivity contribution in [1.82, 2.24) is 5.32 Å². The Morgan fingerprint density at radius 2 is 2.04 bits per heavy atom. The first-order chi connectivity index (χ1) is 13.5. The van der Waals surface area contributed by atoms with Crippen LogP contribution in [0.1, 0.15) is 22.3 Å². The molecule has 0 radical (unpaired) electrons. The van der Waals surface area contributed by atoms with E-state index in [1.54, 1.807) is 30.5 Å². The maximum Gasteiger partial charge on any atom is 0.635 e. The van der Waals surface area contributed by atoms with Crippen LogP contribution in [-0.2, 0) is 22.3 Å². The molecule has 3 N–H and O–H groups in total. The third kappa shape index (κ3) is 4.59. The molecular weight excluding hydrogens is 359 g/mol. The van der Waals surface area contributed by atoms with Gasteiger partial charge in [0.1, 0.15) is 11.8 Å². The van der Waals surface area contributed by atoms with E-state index in [1.165, 1.54) is 0 Å². The zero-order valence-corrected chi connectivity index (χ0v) is 15.3. The van der Waals surface area contributed by atoms with E-state index in [4.69, 9.17) is 14.3 Å². The molecule has 0 aliphatic heterocycles. The van der Waals surface area contributed by atoms with E-state index in [0.717, 1.165) is 22.1 Å². The van der Waals surface area contributed by atoms with Crippen LogP contribution in [0, 0.1) is 18.3 Å². The van der Waals surface area contributed by atoms with Crippen molar-refractivity contribution in [1.29, 1.82) is 5.26 Å². The molecule has 0 aliphatic rings. The number of carbonyl (C=O) groups excluding carboxylic acids is 1. The molecule has 3 aromatic rings. The van der Waals surface area contributed by atoms with Crippen LogP contribution in [-0.4, -0.2) is 29.5 Å². The topological polar surface area (TPSA) is 116 Å². The molecular formula is C20H19BN2O5. The molecule has 1 aromatic heterocycles. The van der Waals surface area contributed by atoms with Crippen molar-refractivity contribution in [3.8, 4) is 6.07 Å². The number of aryl methyl sites for hydroxylation is 1. The minimum atomic E-state index is -2.04. The van der Waals surface area contributed by atoms with E-state index in [9.17, 15) is 14.8 Å². The van der Waals surface area contributed by atoms with Gasteiger partial charge in [0.25, 0.3) is 0 Å². The van der Waals surface area contributed by atoms with E-state index in [0.29, 0.717) is 11.1 Å². The van der Waals surface area contributed by atoms with Crippen LogP contribution < -0.4 is 5.32 Å². The zero-order valence-electron chi connectivity index (χ0n) is 15.3. The number of benzene rings is 2. The largest absolute Gasteiger partial charge is 0.635 e. The molecule has 0 saturated carbocycles. The average Bonchev–Trinajstić information content (AvgIpc) is 3.06. The lowest BCUT2D eigenvalue weighted by atomic mass is 10.0. The normalized spacial score (nSPS) is 11.8. The van der Waals surface area contributed by atoms with Crippen molar-refractivity contribution in [2.24, 2.45) is 0 Å². The van der Waals surface area contributed by atoms with E-state index in [1.807, 2.05) is 31.2 Å². The fourth-order valence-corrected chi connectivity index (χ4v) is 3.08. The van der Waals surface area contributed by atoms with Gasteiger partial charge in [0, 0.05) is 17.4 Å². The molecule has 1 amide bonds. The van der Waals surface area contributed by atoms with E-state index >= 15 is 0 Å². The van der Waals surface area contributed by atoms with Crippen LogP contribution in [0.2, 0.25) is 0 Å². The Morgan fingerprint density at radius 3 is 2.79 bits per heavy atom. The molecule has 0 spiro atoms. The maximum absolute atomic E-state index is 12.4. The highest BCUT2D eigenvalue weighted by molar-refractivity contribution is 6.32. The number of rotatable bonds is 7. The maximum atomic E-state index is 12.4. The molecule has 0 aliphatic carbocycles. The van der Waals surface area contributed by atoms with Crippen LogP contribution in [0.3, 0.4) is 0 Å². The van der Waals surface area contributed by atoms with Gasteiger partial charge in [-0.05, 0) is 24.1 Å². The SMILES string of the molecule is Cc1cccc2c(C[C@H](NC(=O)Cc3ccccc3C#N)OB(O)O)coc12. The Balaban J connectivity index is 1.75. The average molecular weight is 378 g/mol. The van der Waals surface area contributed by atoms with E-state index in [-0.39, 0.29) is 12.8 Å². The van der Waals surface area contributed by atoms with Gasteiger partial charge in [-0.15, -0.1) is 0 Å². The molecule has 7 nitrogen and oxygen atoms in total.